The van der Waals surface area contributed by atoms with Gasteiger partial charge >= 0.3 is 0 Å². The Morgan fingerprint density at radius 3 is 2.83 bits per heavy atom. The van der Waals surface area contributed by atoms with Gasteiger partial charge in [0.25, 0.3) is 0 Å². The molecule has 0 aromatic heterocycles. The van der Waals surface area contributed by atoms with Crippen molar-refractivity contribution in [3.63, 3.8) is 0 Å². The van der Waals surface area contributed by atoms with Crippen LogP contribution >= 0.6 is 0 Å². The van der Waals surface area contributed by atoms with E-state index in [0.717, 1.165) is 19.3 Å². The lowest BCUT2D eigenvalue weighted by Gasteiger charge is -2.32. The lowest BCUT2D eigenvalue weighted by atomic mass is 9.95. The highest BCUT2D eigenvalue weighted by Crippen LogP contribution is 2.26. The maximum absolute atomic E-state index is 5.64. The third-order valence-corrected chi connectivity index (χ3v) is 2.36. The Bertz CT molecular complexity index is 130. The van der Waals surface area contributed by atoms with E-state index >= 15 is 0 Å². The van der Waals surface area contributed by atoms with Crippen LogP contribution in [0.25, 0.3) is 0 Å². The molecule has 1 fully saturated rings. The second-order valence-electron chi connectivity index (χ2n) is 3.58. The molecule has 1 aliphatic rings. The fourth-order valence-electron chi connectivity index (χ4n) is 1.72. The van der Waals surface area contributed by atoms with Crippen molar-refractivity contribution in [3.8, 4) is 0 Å². The molecule has 3 atom stereocenters. The number of rotatable bonds is 3. The lowest BCUT2D eigenvalue weighted by molar-refractivity contribution is -0.191. The topological polar surface area (TPSA) is 44.5 Å². The molecule has 0 aliphatic carbocycles. The van der Waals surface area contributed by atoms with Gasteiger partial charge in [-0.25, -0.2) is 0 Å². The average molecular weight is 173 g/mol. The zero-order valence-corrected chi connectivity index (χ0v) is 7.95. The van der Waals surface area contributed by atoms with E-state index in [9.17, 15) is 0 Å². The predicted octanol–water partition coefficient (Wildman–Crippen LogP) is 1.12. The Kier molecular flexibility index (Phi) is 3.98. The second kappa shape index (κ2) is 4.80. The Hall–Kier alpha value is -0.120. The van der Waals surface area contributed by atoms with Crippen molar-refractivity contribution in [1.29, 1.82) is 0 Å². The van der Waals surface area contributed by atoms with Crippen LogP contribution in [0.5, 0.6) is 0 Å². The molecule has 72 valence electrons. The first-order valence-electron chi connectivity index (χ1n) is 4.64. The zero-order chi connectivity index (χ0) is 8.97. The molecule has 0 saturated carbocycles. The molecule has 1 rings (SSSR count). The van der Waals surface area contributed by atoms with Crippen LogP contribution < -0.4 is 5.73 Å². The summed E-state index contributed by atoms with van der Waals surface area (Å²) in [7, 11) is 1.70. The van der Waals surface area contributed by atoms with Gasteiger partial charge in [0.1, 0.15) is 0 Å². The Morgan fingerprint density at radius 1 is 1.50 bits per heavy atom. The first-order valence-corrected chi connectivity index (χ1v) is 4.64. The van der Waals surface area contributed by atoms with Gasteiger partial charge in [0.05, 0.1) is 6.10 Å². The van der Waals surface area contributed by atoms with Crippen molar-refractivity contribution in [2.75, 3.05) is 13.7 Å². The van der Waals surface area contributed by atoms with Crippen LogP contribution in [0.1, 0.15) is 26.2 Å². The predicted molar refractivity (Wildman–Crippen MR) is 47.7 cm³/mol. The molecule has 0 aromatic rings. The van der Waals surface area contributed by atoms with Gasteiger partial charge in [0, 0.05) is 13.5 Å². The fraction of sp³-hybridized carbons (Fsp3) is 1.00. The van der Waals surface area contributed by atoms with Gasteiger partial charge in [-0.1, -0.05) is 6.92 Å². The molecule has 12 heavy (non-hydrogen) atoms. The third kappa shape index (κ3) is 2.73. The molecule has 0 spiro atoms. The van der Waals surface area contributed by atoms with Crippen molar-refractivity contribution in [3.05, 3.63) is 0 Å². The summed E-state index contributed by atoms with van der Waals surface area (Å²) in [4.78, 5) is 0. The SMILES string of the molecule is CO[C@H]1C[C@H](C)CC(CCN)O1. The normalized spacial score (nSPS) is 36.8. The van der Waals surface area contributed by atoms with Crippen LogP contribution in [0, 0.1) is 5.92 Å². The first kappa shape index (κ1) is 9.96. The minimum atomic E-state index is -0.00898. The maximum Gasteiger partial charge on any atom is 0.157 e. The van der Waals surface area contributed by atoms with Crippen LogP contribution in [0.3, 0.4) is 0 Å². The van der Waals surface area contributed by atoms with E-state index in [1.165, 1.54) is 0 Å². The van der Waals surface area contributed by atoms with E-state index in [-0.39, 0.29) is 6.29 Å². The van der Waals surface area contributed by atoms with Gasteiger partial charge in [-0.2, -0.15) is 0 Å². The smallest absolute Gasteiger partial charge is 0.157 e. The Labute approximate surface area is 74.2 Å². The minimum Gasteiger partial charge on any atom is -0.356 e. The quantitative estimate of drug-likeness (QED) is 0.695. The van der Waals surface area contributed by atoms with Gasteiger partial charge in [-0.05, 0) is 25.3 Å². The summed E-state index contributed by atoms with van der Waals surface area (Å²) in [5.74, 6) is 0.695. The zero-order valence-electron chi connectivity index (χ0n) is 7.95. The highest BCUT2D eigenvalue weighted by molar-refractivity contribution is 4.71. The van der Waals surface area contributed by atoms with Crippen LogP contribution in [0.2, 0.25) is 0 Å². The molecular formula is C9H19NO2. The molecule has 1 saturated heterocycles. The lowest BCUT2D eigenvalue weighted by Crippen LogP contribution is -2.34. The summed E-state index contributed by atoms with van der Waals surface area (Å²) in [5, 5.41) is 0. The van der Waals surface area contributed by atoms with Crippen LogP contribution in [-0.2, 0) is 9.47 Å². The van der Waals surface area contributed by atoms with Crippen LogP contribution in [0.4, 0.5) is 0 Å². The number of nitrogens with two attached hydrogens (primary N) is 1. The van der Waals surface area contributed by atoms with Crippen molar-refractivity contribution in [2.45, 2.75) is 38.6 Å². The maximum atomic E-state index is 5.64. The molecule has 2 N–H and O–H groups in total. The van der Waals surface area contributed by atoms with E-state index in [0.29, 0.717) is 18.6 Å². The summed E-state index contributed by atoms with van der Waals surface area (Å²) in [6.07, 6.45) is 3.38. The molecule has 1 aliphatic heterocycles. The molecule has 0 radical (unpaired) electrons. The first-order chi connectivity index (χ1) is 5.76. The van der Waals surface area contributed by atoms with Crippen molar-refractivity contribution < 1.29 is 9.47 Å². The van der Waals surface area contributed by atoms with E-state index < -0.39 is 0 Å². The Balaban J connectivity index is 2.34. The third-order valence-electron chi connectivity index (χ3n) is 2.36. The number of hydrogen-bond donors (Lipinski definition) is 1. The van der Waals surface area contributed by atoms with Gasteiger partial charge < -0.3 is 15.2 Å². The molecule has 1 unspecified atom stereocenters. The molecule has 3 heteroatoms. The Morgan fingerprint density at radius 2 is 2.25 bits per heavy atom. The summed E-state index contributed by atoms with van der Waals surface area (Å²) >= 11 is 0. The van der Waals surface area contributed by atoms with Crippen molar-refractivity contribution in [1.82, 2.24) is 0 Å². The largest absolute Gasteiger partial charge is 0.356 e. The average Bonchev–Trinajstić information content (AvgIpc) is 2.04. The summed E-state index contributed by atoms with van der Waals surface area (Å²) < 4.78 is 10.8. The number of methoxy groups -OCH3 is 1. The van der Waals surface area contributed by atoms with Gasteiger partial charge in [-0.3, -0.25) is 0 Å². The molecule has 0 amide bonds. The van der Waals surface area contributed by atoms with Crippen LogP contribution in [-0.4, -0.2) is 26.0 Å². The highest BCUT2D eigenvalue weighted by Gasteiger charge is 2.26. The molecule has 3 nitrogen and oxygen atoms in total. The van der Waals surface area contributed by atoms with E-state index in [1.807, 2.05) is 0 Å². The fourth-order valence-corrected chi connectivity index (χ4v) is 1.72. The monoisotopic (exact) mass is 173 g/mol. The van der Waals surface area contributed by atoms with E-state index in [4.69, 9.17) is 15.2 Å². The van der Waals surface area contributed by atoms with Crippen molar-refractivity contribution >= 4 is 0 Å². The molecule has 1 heterocycles. The van der Waals surface area contributed by atoms with E-state index in [1.54, 1.807) is 7.11 Å². The summed E-state index contributed by atoms with van der Waals surface area (Å²) in [6.45, 7) is 2.94. The summed E-state index contributed by atoms with van der Waals surface area (Å²) in [5.41, 5.74) is 5.47. The number of hydrogen-bond acceptors (Lipinski definition) is 3. The van der Waals surface area contributed by atoms with Gasteiger partial charge in [0.2, 0.25) is 0 Å². The van der Waals surface area contributed by atoms with E-state index in [2.05, 4.69) is 6.92 Å². The molecule has 0 bridgehead atoms. The van der Waals surface area contributed by atoms with Crippen molar-refractivity contribution in [2.24, 2.45) is 11.7 Å². The van der Waals surface area contributed by atoms with Crippen LogP contribution in [0.15, 0.2) is 0 Å². The highest BCUT2D eigenvalue weighted by atomic mass is 16.7. The minimum absolute atomic E-state index is 0.00898. The van der Waals surface area contributed by atoms with Gasteiger partial charge in [0.15, 0.2) is 6.29 Å². The molecule has 0 aromatic carbocycles. The van der Waals surface area contributed by atoms with Gasteiger partial charge in [-0.15, -0.1) is 0 Å². The standard InChI is InChI=1S/C9H19NO2/c1-7-5-8(3-4-10)12-9(6-7)11-2/h7-9H,3-6,10H2,1-2H3/t7-,8?,9-/m1/s1. The molecular weight excluding hydrogens is 154 g/mol. The second-order valence-corrected chi connectivity index (χ2v) is 3.58. The number of ether oxygens (including phenoxy) is 2. The summed E-state index contributed by atoms with van der Waals surface area (Å²) in [6, 6.07) is 0.